The van der Waals surface area contributed by atoms with E-state index in [1.54, 1.807) is 0 Å². The highest BCUT2D eigenvalue weighted by atomic mass is 15.3. The van der Waals surface area contributed by atoms with Crippen LogP contribution < -0.4 is 10.6 Å². The fraction of sp³-hybridized carbons (Fsp3) is 0.625. The molecule has 19 heavy (non-hydrogen) atoms. The number of aryl methyl sites for hydroxylation is 1. The number of nitrogens with zero attached hydrogens (tertiary/aromatic N) is 2. The van der Waals surface area contributed by atoms with Crippen LogP contribution in [-0.4, -0.2) is 36.6 Å². The summed E-state index contributed by atoms with van der Waals surface area (Å²) in [6.45, 7) is 8.11. The number of hydrogen-bond donors (Lipinski definition) is 1. The Hall–Kier alpha value is -1.22. The number of nitrogens with two attached hydrogens (primary N) is 1. The predicted octanol–water partition coefficient (Wildman–Crippen LogP) is 2.64. The Morgan fingerprint density at radius 1 is 1.21 bits per heavy atom. The molecule has 3 rings (SSSR count). The van der Waals surface area contributed by atoms with Crippen LogP contribution >= 0.6 is 0 Å². The van der Waals surface area contributed by atoms with Crippen molar-refractivity contribution in [3.8, 4) is 0 Å². The Morgan fingerprint density at radius 3 is 2.74 bits per heavy atom. The smallest absolute Gasteiger partial charge is 0.0370 e. The number of likely N-dealkylation sites (tertiary alicyclic amines) is 1. The molecule has 2 unspecified atom stereocenters. The third-order valence-electron chi connectivity index (χ3n) is 4.86. The lowest BCUT2D eigenvalue weighted by Gasteiger charge is -2.28. The van der Waals surface area contributed by atoms with Gasteiger partial charge >= 0.3 is 0 Å². The van der Waals surface area contributed by atoms with Crippen molar-refractivity contribution in [1.82, 2.24) is 4.90 Å². The first kappa shape index (κ1) is 12.8. The SMILES string of the molecule is Cc1cc(N2CCC(N3CCCC3C)C2)ccc1N. The van der Waals surface area contributed by atoms with Gasteiger partial charge in [0.2, 0.25) is 0 Å². The molecule has 0 amide bonds. The predicted molar refractivity (Wildman–Crippen MR) is 81.6 cm³/mol. The molecule has 0 radical (unpaired) electrons. The molecule has 1 aromatic rings. The van der Waals surface area contributed by atoms with Gasteiger partial charge in [0.15, 0.2) is 0 Å². The molecule has 3 heteroatoms. The Bertz CT molecular complexity index is 457. The maximum Gasteiger partial charge on any atom is 0.0370 e. The molecule has 0 aromatic heterocycles. The fourth-order valence-electron chi connectivity index (χ4n) is 3.60. The number of hydrogen-bond acceptors (Lipinski definition) is 3. The van der Waals surface area contributed by atoms with Crippen molar-refractivity contribution in [1.29, 1.82) is 0 Å². The minimum atomic E-state index is 0.746. The summed E-state index contributed by atoms with van der Waals surface area (Å²) in [5, 5.41) is 0. The van der Waals surface area contributed by atoms with Gasteiger partial charge in [-0.3, -0.25) is 4.90 Å². The van der Waals surface area contributed by atoms with Crippen LogP contribution in [0.5, 0.6) is 0 Å². The summed E-state index contributed by atoms with van der Waals surface area (Å²) in [5.74, 6) is 0. The molecule has 2 aliphatic rings. The molecule has 0 spiro atoms. The number of anilines is 2. The molecule has 2 atom stereocenters. The number of benzene rings is 1. The second-order valence-corrected chi connectivity index (χ2v) is 6.16. The number of nitrogen functional groups attached to an aromatic ring is 1. The van der Waals surface area contributed by atoms with Crippen molar-refractivity contribution in [3.63, 3.8) is 0 Å². The standard InChI is InChI=1S/C16H25N3/c1-12-10-14(5-6-16(12)17)18-9-7-15(11-18)19-8-3-4-13(19)2/h5-6,10,13,15H,3-4,7-9,11,17H2,1-2H3. The summed E-state index contributed by atoms with van der Waals surface area (Å²) >= 11 is 0. The van der Waals surface area contributed by atoms with Crippen LogP contribution in [0.15, 0.2) is 18.2 Å². The van der Waals surface area contributed by atoms with Crippen molar-refractivity contribution < 1.29 is 0 Å². The van der Waals surface area contributed by atoms with Crippen LogP contribution in [0, 0.1) is 6.92 Å². The highest BCUT2D eigenvalue weighted by Gasteiger charge is 2.32. The van der Waals surface area contributed by atoms with E-state index in [2.05, 4.69) is 35.8 Å². The first-order valence-corrected chi connectivity index (χ1v) is 7.52. The molecule has 2 fully saturated rings. The highest BCUT2D eigenvalue weighted by molar-refractivity contribution is 5.58. The summed E-state index contributed by atoms with van der Waals surface area (Å²) in [5.41, 5.74) is 9.33. The molecule has 0 aliphatic carbocycles. The van der Waals surface area contributed by atoms with Crippen LogP contribution in [0.1, 0.15) is 31.7 Å². The molecule has 0 saturated carbocycles. The molecule has 2 aliphatic heterocycles. The second kappa shape index (κ2) is 5.04. The molecule has 2 heterocycles. The third-order valence-corrected chi connectivity index (χ3v) is 4.86. The average molecular weight is 259 g/mol. The van der Waals surface area contributed by atoms with Gasteiger partial charge in [0.05, 0.1) is 0 Å². The van der Waals surface area contributed by atoms with Crippen LogP contribution in [0.3, 0.4) is 0 Å². The van der Waals surface area contributed by atoms with Gasteiger partial charge in [-0.2, -0.15) is 0 Å². The molecule has 2 saturated heterocycles. The maximum absolute atomic E-state index is 5.91. The van der Waals surface area contributed by atoms with Gasteiger partial charge in [-0.15, -0.1) is 0 Å². The zero-order valence-corrected chi connectivity index (χ0v) is 12.1. The van der Waals surface area contributed by atoms with Crippen LogP contribution in [0.25, 0.3) is 0 Å². The molecular weight excluding hydrogens is 234 g/mol. The summed E-state index contributed by atoms with van der Waals surface area (Å²) in [6, 6.07) is 7.95. The van der Waals surface area contributed by atoms with E-state index in [9.17, 15) is 0 Å². The third kappa shape index (κ3) is 2.44. The van der Waals surface area contributed by atoms with Crippen LogP contribution in [-0.2, 0) is 0 Å². The normalized spacial score (nSPS) is 28.2. The Labute approximate surface area is 116 Å². The fourth-order valence-corrected chi connectivity index (χ4v) is 3.60. The molecule has 0 bridgehead atoms. The topological polar surface area (TPSA) is 32.5 Å². The first-order valence-electron chi connectivity index (χ1n) is 7.52. The van der Waals surface area contributed by atoms with E-state index in [4.69, 9.17) is 5.73 Å². The lowest BCUT2D eigenvalue weighted by molar-refractivity contribution is 0.204. The van der Waals surface area contributed by atoms with Gasteiger partial charge in [0.25, 0.3) is 0 Å². The van der Waals surface area contributed by atoms with E-state index >= 15 is 0 Å². The summed E-state index contributed by atoms with van der Waals surface area (Å²) < 4.78 is 0. The van der Waals surface area contributed by atoms with Crippen molar-refractivity contribution in [2.24, 2.45) is 0 Å². The van der Waals surface area contributed by atoms with E-state index in [1.165, 1.54) is 50.1 Å². The van der Waals surface area contributed by atoms with Crippen molar-refractivity contribution in [2.75, 3.05) is 30.3 Å². The van der Waals surface area contributed by atoms with Crippen LogP contribution in [0.2, 0.25) is 0 Å². The van der Waals surface area contributed by atoms with Gasteiger partial charge in [-0.1, -0.05) is 0 Å². The Kier molecular flexibility index (Phi) is 3.40. The molecule has 1 aromatic carbocycles. The largest absolute Gasteiger partial charge is 0.399 e. The van der Waals surface area contributed by atoms with E-state index in [1.807, 2.05) is 6.07 Å². The first-order chi connectivity index (χ1) is 9.15. The maximum atomic E-state index is 5.91. The molecule has 104 valence electrons. The van der Waals surface area contributed by atoms with Gasteiger partial charge in [-0.05, 0) is 63.4 Å². The van der Waals surface area contributed by atoms with Crippen molar-refractivity contribution in [3.05, 3.63) is 23.8 Å². The van der Waals surface area contributed by atoms with Gasteiger partial charge < -0.3 is 10.6 Å². The minimum absolute atomic E-state index is 0.746. The van der Waals surface area contributed by atoms with E-state index in [0.29, 0.717) is 0 Å². The van der Waals surface area contributed by atoms with Gasteiger partial charge in [-0.25, -0.2) is 0 Å². The lowest BCUT2D eigenvalue weighted by atomic mass is 10.1. The van der Waals surface area contributed by atoms with E-state index in [0.717, 1.165) is 17.8 Å². The Morgan fingerprint density at radius 2 is 2.05 bits per heavy atom. The number of rotatable bonds is 2. The molecular formula is C16H25N3. The summed E-state index contributed by atoms with van der Waals surface area (Å²) in [6.07, 6.45) is 4.05. The lowest BCUT2D eigenvalue weighted by Crippen LogP contribution is -2.39. The van der Waals surface area contributed by atoms with Crippen molar-refractivity contribution >= 4 is 11.4 Å². The monoisotopic (exact) mass is 259 g/mol. The highest BCUT2D eigenvalue weighted by Crippen LogP contribution is 2.29. The second-order valence-electron chi connectivity index (χ2n) is 6.16. The zero-order valence-electron chi connectivity index (χ0n) is 12.1. The van der Waals surface area contributed by atoms with E-state index < -0.39 is 0 Å². The zero-order chi connectivity index (χ0) is 13.4. The van der Waals surface area contributed by atoms with Crippen molar-refractivity contribution in [2.45, 2.75) is 45.2 Å². The van der Waals surface area contributed by atoms with Crippen LogP contribution in [0.4, 0.5) is 11.4 Å². The average Bonchev–Trinajstić information content (AvgIpc) is 3.01. The molecule has 2 N–H and O–H groups in total. The van der Waals surface area contributed by atoms with E-state index in [-0.39, 0.29) is 0 Å². The molecule has 3 nitrogen and oxygen atoms in total. The summed E-state index contributed by atoms with van der Waals surface area (Å²) in [7, 11) is 0. The quantitative estimate of drug-likeness (QED) is 0.829. The summed E-state index contributed by atoms with van der Waals surface area (Å²) in [4.78, 5) is 5.23. The van der Waals surface area contributed by atoms with Gasteiger partial charge in [0.1, 0.15) is 0 Å². The Balaban J connectivity index is 1.69. The minimum Gasteiger partial charge on any atom is -0.399 e. The van der Waals surface area contributed by atoms with Gasteiger partial charge in [0, 0.05) is 36.5 Å².